The highest BCUT2D eigenvalue weighted by molar-refractivity contribution is 6.20. The first-order valence-corrected chi connectivity index (χ1v) is 3.94. The molecular weight excluding hydrogens is 215 g/mol. The topological polar surface area (TPSA) is 70.4 Å². The third-order valence-corrected chi connectivity index (χ3v) is 1.37. The maximum absolute atomic E-state index is 12.1. The van der Waals surface area contributed by atoms with Crippen LogP contribution in [0.25, 0.3) is 0 Å². The molecule has 0 heterocycles. The van der Waals surface area contributed by atoms with Crippen LogP contribution in [0.2, 0.25) is 0 Å². The predicted octanol–water partition coefficient (Wildman–Crippen LogP) is 1.96. The van der Waals surface area contributed by atoms with Gasteiger partial charge in [-0.05, 0) is 13.8 Å². The van der Waals surface area contributed by atoms with E-state index in [1.54, 1.807) is 0 Å². The molecule has 0 atom stereocenters. The summed E-state index contributed by atoms with van der Waals surface area (Å²) in [5.41, 5.74) is -3.08. The third-order valence-electron chi connectivity index (χ3n) is 1.37. The molecule has 7 heteroatoms. The van der Waals surface area contributed by atoms with Gasteiger partial charge in [-0.15, -0.1) is 0 Å². The van der Waals surface area contributed by atoms with Gasteiger partial charge in [0.05, 0.1) is 6.61 Å². The second kappa shape index (κ2) is 4.81. The second-order valence-electron chi connectivity index (χ2n) is 2.55. The minimum atomic E-state index is -4.99. The van der Waals surface area contributed by atoms with Crippen molar-refractivity contribution >= 4 is 11.7 Å². The number of esters is 1. The lowest BCUT2D eigenvalue weighted by Gasteiger charge is -2.11. The molecule has 0 aliphatic rings. The Morgan fingerprint density at radius 1 is 1.47 bits per heavy atom. The van der Waals surface area contributed by atoms with Crippen molar-refractivity contribution in [2.24, 2.45) is 0 Å². The largest absolute Gasteiger partial charge is 0.512 e. The van der Waals surface area contributed by atoms with Crippen molar-refractivity contribution < 1.29 is 27.8 Å². The van der Waals surface area contributed by atoms with Crippen molar-refractivity contribution in [2.45, 2.75) is 20.0 Å². The molecule has 0 saturated heterocycles. The number of halogens is 3. The van der Waals surface area contributed by atoms with E-state index in [-0.39, 0.29) is 6.61 Å². The summed E-state index contributed by atoms with van der Waals surface area (Å²) >= 11 is 0. The lowest BCUT2D eigenvalue weighted by molar-refractivity contribution is -0.138. The molecule has 0 saturated carbocycles. The summed E-state index contributed by atoms with van der Waals surface area (Å²) in [6.45, 7) is 2.15. The van der Waals surface area contributed by atoms with E-state index in [0.717, 1.165) is 6.92 Å². The number of hydrogen-bond acceptors (Lipinski definition) is 4. The fraction of sp³-hybridized carbons (Fsp3) is 0.500. The summed E-state index contributed by atoms with van der Waals surface area (Å²) in [5.74, 6) is -2.25. The van der Waals surface area contributed by atoms with Crippen LogP contribution in [0.5, 0.6) is 0 Å². The summed E-state index contributed by atoms with van der Waals surface area (Å²) < 4.78 is 40.5. The number of allylic oxidation sites excluding steroid dienone is 1. The van der Waals surface area contributed by atoms with Gasteiger partial charge in [-0.2, -0.15) is 13.2 Å². The van der Waals surface area contributed by atoms with E-state index in [1.165, 1.54) is 6.92 Å². The number of rotatable bonds is 3. The first kappa shape index (κ1) is 13.5. The van der Waals surface area contributed by atoms with Gasteiger partial charge in [-0.3, -0.25) is 5.41 Å². The standard InChI is InChI=1S/C8H10F3NO3/c1-3-15-7(14)5(4(2)13)6(12)8(9,10)11/h12-13H,3H2,1-2H3. The van der Waals surface area contributed by atoms with Gasteiger partial charge < -0.3 is 9.84 Å². The van der Waals surface area contributed by atoms with Crippen LogP contribution in [0.4, 0.5) is 13.2 Å². The van der Waals surface area contributed by atoms with Crippen LogP contribution in [-0.2, 0) is 9.53 Å². The molecule has 0 radical (unpaired) electrons. The number of hydrogen-bond donors (Lipinski definition) is 2. The Bertz CT molecular complexity index is 303. The highest BCUT2D eigenvalue weighted by Crippen LogP contribution is 2.23. The number of carbonyl (C=O) groups is 1. The molecule has 0 aromatic carbocycles. The Morgan fingerprint density at radius 3 is 2.20 bits per heavy atom. The van der Waals surface area contributed by atoms with E-state index in [1.807, 2.05) is 0 Å². The van der Waals surface area contributed by atoms with E-state index < -0.39 is 29.2 Å². The van der Waals surface area contributed by atoms with Crippen molar-refractivity contribution in [1.29, 1.82) is 5.41 Å². The van der Waals surface area contributed by atoms with Crippen LogP contribution < -0.4 is 0 Å². The minimum absolute atomic E-state index is 0.138. The molecule has 0 amide bonds. The first-order chi connectivity index (χ1) is 6.71. The Kier molecular flexibility index (Phi) is 4.32. The maximum atomic E-state index is 12.1. The molecule has 0 aromatic heterocycles. The lowest BCUT2D eigenvalue weighted by atomic mass is 10.1. The summed E-state index contributed by atoms with van der Waals surface area (Å²) in [6.07, 6.45) is -4.99. The van der Waals surface area contributed by atoms with Gasteiger partial charge in [0, 0.05) is 0 Å². The van der Waals surface area contributed by atoms with Crippen LogP contribution in [0.1, 0.15) is 13.8 Å². The van der Waals surface area contributed by atoms with Gasteiger partial charge in [0.15, 0.2) is 5.71 Å². The van der Waals surface area contributed by atoms with Crippen molar-refractivity contribution in [3.63, 3.8) is 0 Å². The van der Waals surface area contributed by atoms with Gasteiger partial charge in [-0.1, -0.05) is 0 Å². The number of aliphatic hydroxyl groups excluding tert-OH is 1. The molecule has 0 unspecified atom stereocenters. The molecule has 0 fully saturated rings. The van der Waals surface area contributed by atoms with E-state index in [2.05, 4.69) is 4.74 Å². The van der Waals surface area contributed by atoms with Crippen molar-refractivity contribution in [2.75, 3.05) is 6.61 Å². The molecule has 0 aliphatic heterocycles. The molecule has 0 bridgehead atoms. The zero-order chi connectivity index (χ0) is 12.2. The van der Waals surface area contributed by atoms with E-state index in [9.17, 15) is 18.0 Å². The minimum Gasteiger partial charge on any atom is -0.512 e. The van der Waals surface area contributed by atoms with E-state index in [4.69, 9.17) is 10.5 Å². The van der Waals surface area contributed by atoms with Crippen LogP contribution in [0, 0.1) is 5.41 Å². The van der Waals surface area contributed by atoms with Crippen LogP contribution in [-0.4, -0.2) is 29.6 Å². The molecule has 0 rings (SSSR count). The van der Waals surface area contributed by atoms with Gasteiger partial charge in [0.25, 0.3) is 0 Å². The number of nitrogens with one attached hydrogen (secondary N) is 1. The monoisotopic (exact) mass is 225 g/mol. The van der Waals surface area contributed by atoms with E-state index in [0.29, 0.717) is 0 Å². The van der Waals surface area contributed by atoms with Crippen LogP contribution in [0.3, 0.4) is 0 Å². The maximum Gasteiger partial charge on any atom is 0.433 e. The Balaban J connectivity index is 5.13. The van der Waals surface area contributed by atoms with Crippen LogP contribution >= 0.6 is 0 Å². The molecule has 0 aromatic rings. The molecule has 0 spiro atoms. The quantitative estimate of drug-likeness (QED) is 0.334. The predicted molar refractivity (Wildman–Crippen MR) is 45.7 cm³/mol. The zero-order valence-corrected chi connectivity index (χ0v) is 8.10. The highest BCUT2D eigenvalue weighted by Gasteiger charge is 2.40. The zero-order valence-electron chi connectivity index (χ0n) is 8.10. The number of aliphatic hydroxyl groups is 1. The van der Waals surface area contributed by atoms with Gasteiger partial charge in [0.1, 0.15) is 11.3 Å². The second-order valence-corrected chi connectivity index (χ2v) is 2.55. The summed E-state index contributed by atoms with van der Waals surface area (Å²) in [5, 5.41) is 15.6. The molecule has 2 N–H and O–H groups in total. The van der Waals surface area contributed by atoms with Crippen LogP contribution in [0.15, 0.2) is 11.3 Å². The molecular formula is C8H10F3NO3. The Morgan fingerprint density at radius 2 is 1.93 bits per heavy atom. The average Bonchev–Trinajstić information content (AvgIpc) is 2.02. The SMILES string of the molecule is CCOC(=O)C(C(=N)C(F)(F)F)=C(C)O. The number of ether oxygens (including phenoxy) is 1. The third kappa shape index (κ3) is 3.61. The lowest BCUT2D eigenvalue weighted by Crippen LogP contribution is -2.29. The molecule has 0 aliphatic carbocycles. The summed E-state index contributed by atoms with van der Waals surface area (Å²) in [6, 6.07) is 0. The normalized spacial score (nSPS) is 13.1. The van der Waals surface area contributed by atoms with Crippen molar-refractivity contribution in [1.82, 2.24) is 0 Å². The van der Waals surface area contributed by atoms with E-state index >= 15 is 0 Å². The number of alkyl halides is 3. The summed E-state index contributed by atoms with van der Waals surface area (Å²) in [4.78, 5) is 11.0. The smallest absolute Gasteiger partial charge is 0.433 e. The van der Waals surface area contributed by atoms with Gasteiger partial charge in [0.2, 0.25) is 0 Å². The Hall–Kier alpha value is -1.53. The summed E-state index contributed by atoms with van der Waals surface area (Å²) in [7, 11) is 0. The fourth-order valence-corrected chi connectivity index (χ4v) is 0.776. The fourth-order valence-electron chi connectivity index (χ4n) is 0.776. The highest BCUT2D eigenvalue weighted by atomic mass is 19.4. The van der Waals surface area contributed by atoms with Crippen molar-refractivity contribution in [3.05, 3.63) is 11.3 Å². The van der Waals surface area contributed by atoms with Crippen molar-refractivity contribution in [3.8, 4) is 0 Å². The molecule has 15 heavy (non-hydrogen) atoms. The average molecular weight is 225 g/mol. The molecule has 86 valence electrons. The van der Waals surface area contributed by atoms with Gasteiger partial charge in [-0.25, -0.2) is 4.79 Å². The number of carbonyl (C=O) groups excluding carboxylic acids is 1. The Labute approximate surface area is 83.9 Å². The van der Waals surface area contributed by atoms with Gasteiger partial charge >= 0.3 is 12.1 Å². The molecule has 4 nitrogen and oxygen atoms in total. The first-order valence-electron chi connectivity index (χ1n) is 3.94.